The molecule has 0 unspecified atom stereocenters. The zero-order valence-electron chi connectivity index (χ0n) is 19.9. The van der Waals surface area contributed by atoms with Crippen LogP contribution in [-0.4, -0.2) is 44.6 Å². The normalized spacial score (nSPS) is 11.0. The Hall–Kier alpha value is -4.59. The zero-order valence-corrected chi connectivity index (χ0v) is 19.9. The minimum atomic E-state index is -0.461. The highest BCUT2D eigenvalue weighted by molar-refractivity contribution is 6.03. The van der Waals surface area contributed by atoms with Crippen LogP contribution < -0.4 is 24.3 Å². The van der Waals surface area contributed by atoms with Crippen molar-refractivity contribution in [2.24, 2.45) is 0 Å². The number of anilines is 1. The first-order valence-corrected chi connectivity index (χ1v) is 10.6. The molecule has 3 N–H and O–H groups in total. The van der Waals surface area contributed by atoms with E-state index < -0.39 is 5.91 Å². The Morgan fingerprint density at radius 2 is 1.34 bits per heavy atom. The quantitative estimate of drug-likeness (QED) is 0.296. The van der Waals surface area contributed by atoms with Crippen molar-refractivity contribution in [1.29, 1.82) is 0 Å². The number of hydrogen-bond donors (Lipinski definition) is 3. The van der Waals surface area contributed by atoms with E-state index in [9.17, 15) is 15.0 Å². The van der Waals surface area contributed by atoms with Crippen LogP contribution in [0.2, 0.25) is 0 Å². The Labute approximate surface area is 203 Å². The predicted molar refractivity (Wildman–Crippen MR) is 135 cm³/mol. The third-order valence-corrected chi connectivity index (χ3v) is 5.06. The number of aromatic hydroxyl groups is 2. The SMILES string of the molecule is COc1cc(/C=C/c2cc(O)c(OC)c(NC(=O)/C=C/c3ccccc3O)c2)cc(OC)c1OC. The van der Waals surface area contributed by atoms with Crippen molar-refractivity contribution >= 4 is 29.8 Å². The van der Waals surface area contributed by atoms with Crippen molar-refractivity contribution in [3.8, 4) is 34.5 Å². The van der Waals surface area contributed by atoms with Gasteiger partial charge in [0.15, 0.2) is 23.0 Å². The molecule has 0 aromatic heterocycles. The van der Waals surface area contributed by atoms with Crippen LogP contribution >= 0.6 is 0 Å². The first kappa shape index (κ1) is 25.0. The van der Waals surface area contributed by atoms with Crippen LogP contribution in [0.25, 0.3) is 18.2 Å². The lowest BCUT2D eigenvalue weighted by atomic mass is 10.1. The van der Waals surface area contributed by atoms with E-state index in [4.69, 9.17) is 18.9 Å². The highest BCUT2D eigenvalue weighted by Gasteiger charge is 2.14. The summed E-state index contributed by atoms with van der Waals surface area (Å²) >= 11 is 0. The van der Waals surface area contributed by atoms with Gasteiger partial charge in [-0.2, -0.15) is 0 Å². The Morgan fingerprint density at radius 1 is 0.743 bits per heavy atom. The average molecular weight is 478 g/mol. The molecule has 0 heterocycles. The molecule has 8 heteroatoms. The number of carbonyl (C=O) groups is 1. The first-order valence-electron chi connectivity index (χ1n) is 10.6. The summed E-state index contributed by atoms with van der Waals surface area (Å²) in [5, 5.41) is 23.0. The van der Waals surface area contributed by atoms with Crippen molar-refractivity contribution in [3.63, 3.8) is 0 Å². The summed E-state index contributed by atoms with van der Waals surface area (Å²) in [6.45, 7) is 0. The van der Waals surface area contributed by atoms with E-state index in [0.717, 1.165) is 5.56 Å². The van der Waals surface area contributed by atoms with Crippen LogP contribution in [0.15, 0.2) is 54.6 Å². The lowest BCUT2D eigenvalue weighted by Gasteiger charge is -2.13. The monoisotopic (exact) mass is 477 g/mol. The third-order valence-electron chi connectivity index (χ3n) is 5.06. The van der Waals surface area contributed by atoms with Gasteiger partial charge in [-0.15, -0.1) is 0 Å². The summed E-state index contributed by atoms with van der Waals surface area (Å²) in [5.74, 6) is 1.08. The number of carbonyl (C=O) groups excluding carboxylic acids is 1. The maximum absolute atomic E-state index is 12.5. The van der Waals surface area contributed by atoms with Gasteiger partial charge in [0, 0.05) is 11.6 Å². The molecule has 0 aliphatic rings. The van der Waals surface area contributed by atoms with Gasteiger partial charge in [0.1, 0.15) is 5.75 Å². The molecule has 0 spiro atoms. The average Bonchev–Trinajstić information content (AvgIpc) is 2.86. The molecule has 0 fully saturated rings. The van der Waals surface area contributed by atoms with Gasteiger partial charge in [0.25, 0.3) is 0 Å². The minimum Gasteiger partial charge on any atom is -0.507 e. The molecule has 8 nitrogen and oxygen atoms in total. The van der Waals surface area contributed by atoms with E-state index in [1.807, 2.05) is 0 Å². The van der Waals surface area contributed by atoms with Gasteiger partial charge in [0.05, 0.1) is 34.1 Å². The Balaban J connectivity index is 1.88. The molecule has 0 aliphatic heterocycles. The molecule has 0 saturated carbocycles. The van der Waals surface area contributed by atoms with E-state index in [-0.39, 0.29) is 22.9 Å². The summed E-state index contributed by atoms with van der Waals surface area (Å²) in [6, 6.07) is 13.4. The predicted octanol–water partition coefficient (Wildman–Crippen LogP) is 4.95. The summed E-state index contributed by atoms with van der Waals surface area (Å²) in [5.41, 5.74) is 2.16. The summed E-state index contributed by atoms with van der Waals surface area (Å²) in [6.07, 6.45) is 6.33. The Kier molecular flexibility index (Phi) is 8.24. The highest BCUT2D eigenvalue weighted by Crippen LogP contribution is 2.39. The van der Waals surface area contributed by atoms with Gasteiger partial charge >= 0.3 is 0 Å². The molecule has 3 aromatic rings. The number of amides is 1. The molecule has 3 rings (SSSR count). The van der Waals surface area contributed by atoms with Crippen LogP contribution in [0.1, 0.15) is 16.7 Å². The largest absolute Gasteiger partial charge is 0.507 e. The number of methoxy groups -OCH3 is 4. The number of phenols is 2. The van der Waals surface area contributed by atoms with Gasteiger partial charge < -0.3 is 34.5 Å². The highest BCUT2D eigenvalue weighted by atomic mass is 16.5. The van der Waals surface area contributed by atoms with Crippen molar-refractivity contribution in [2.45, 2.75) is 0 Å². The van der Waals surface area contributed by atoms with E-state index in [0.29, 0.717) is 28.4 Å². The minimum absolute atomic E-state index is 0.0608. The van der Waals surface area contributed by atoms with Crippen molar-refractivity contribution < 1.29 is 34.0 Å². The number of ether oxygens (including phenoxy) is 4. The van der Waals surface area contributed by atoms with Crippen LogP contribution in [0.3, 0.4) is 0 Å². The van der Waals surface area contributed by atoms with Crippen LogP contribution in [-0.2, 0) is 4.79 Å². The Bertz CT molecular complexity index is 1240. The fourth-order valence-corrected chi connectivity index (χ4v) is 3.40. The molecule has 1 amide bonds. The molecule has 35 heavy (non-hydrogen) atoms. The van der Waals surface area contributed by atoms with E-state index >= 15 is 0 Å². The summed E-state index contributed by atoms with van der Waals surface area (Å²) < 4.78 is 21.4. The summed E-state index contributed by atoms with van der Waals surface area (Å²) in [4.78, 5) is 12.5. The lowest BCUT2D eigenvalue weighted by Crippen LogP contribution is -2.09. The van der Waals surface area contributed by atoms with E-state index in [2.05, 4.69) is 5.32 Å². The van der Waals surface area contributed by atoms with E-state index in [1.165, 1.54) is 52.7 Å². The maximum Gasteiger partial charge on any atom is 0.248 e. The second kappa shape index (κ2) is 11.5. The van der Waals surface area contributed by atoms with Crippen LogP contribution in [0.5, 0.6) is 34.5 Å². The topological polar surface area (TPSA) is 106 Å². The molecule has 0 radical (unpaired) electrons. The third kappa shape index (κ3) is 6.05. The number of hydrogen-bond acceptors (Lipinski definition) is 7. The second-order valence-corrected chi connectivity index (χ2v) is 7.29. The van der Waals surface area contributed by atoms with Crippen LogP contribution in [0.4, 0.5) is 5.69 Å². The molecule has 3 aromatic carbocycles. The number of rotatable bonds is 9. The smallest absolute Gasteiger partial charge is 0.248 e. The maximum atomic E-state index is 12.5. The second-order valence-electron chi connectivity index (χ2n) is 7.29. The number of phenolic OH excluding ortho intramolecular Hbond substituents is 2. The molecule has 0 saturated heterocycles. The Morgan fingerprint density at radius 3 is 1.91 bits per heavy atom. The molecular formula is C27H27NO7. The van der Waals surface area contributed by atoms with Crippen molar-refractivity contribution in [2.75, 3.05) is 33.8 Å². The fourth-order valence-electron chi connectivity index (χ4n) is 3.40. The molecular weight excluding hydrogens is 450 g/mol. The van der Waals surface area contributed by atoms with Gasteiger partial charge in [0.2, 0.25) is 11.7 Å². The zero-order chi connectivity index (χ0) is 25.4. The number of nitrogens with one attached hydrogen (secondary N) is 1. The standard InChI is InChI=1S/C27H27NO7/c1-32-23-15-18(16-24(33-2)27(23)35-4)10-9-17-13-20(26(34-3)22(30)14-17)28-25(31)12-11-19-7-5-6-8-21(19)29/h5-16,29-30H,1-4H3,(H,28,31)/b10-9+,12-11+. The van der Waals surface area contributed by atoms with Crippen molar-refractivity contribution in [3.05, 3.63) is 71.3 Å². The van der Waals surface area contributed by atoms with Gasteiger partial charge in [-0.05, 0) is 47.5 Å². The molecule has 182 valence electrons. The van der Waals surface area contributed by atoms with Crippen LogP contribution in [0, 0.1) is 0 Å². The van der Waals surface area contributed by atoms with Gasteiger partial charge in [-0.25, -0.2) is 0 Å². The lowest BCUT2D eigenvalue weighted by molar-refractivity contribution is -0.111. The molecule has 0 bridgehead atoms. The number of benzene rings is 3. The fraction of sp³-hybridized carbons (Fsp3) is 0.148. The van der Waals surface area contributed by atoms with Gasteiger partial charge in [-0.1, -0.05) is 30.4 Å². The molecule has 0 aliphatic carbocycles. The van der Waals surface area contributed by atoms with E-state index in [1.54, 1.807) is 48.6 Å². The first-order chi connectivity index (χ1) is 16.9. The molecule has 0 atom stereocenters. The van der Waals surface area contributed by atoms with Crippen molar-refractivity contribution in [1.82, 2.24) is 0 Å². The summed E-state index contributed by atoms with van der Waals surface area (Å²) in [7, 11) is 6.00. The number of para-hydroxylation sites is 1. The van der Waals surface area contributed by atoms with Gasteiger partial charge in [-0.3, -0.25) is 4.79 Å².